The van der Waals surface area contributed by atoms with E-state index in [-0.39, 0.29) is 4.90 Å². The van der Waals surface area contributed by atoms with Crippen LogP contribution >= 0.6 is 0 Å². The Morgan fingerprint density at radius 2 is 1.35 bits per heavy atom. The topological polar surface area (TPSA) is 112 Å². The summed E-state index contributed by atoms with van der Waals surface area (Å²) in [7, 11) is -0.990. The Kier molecular flexibility index (Phi) is 9.97. The zero-order chi connectivity index (χ0) is 20.6. The van der Waals surface area contributed by atoms with Crippen molar-refractivity contribution < 1.29 is 30.4 Å². The second-order valence-corrected chi connectivity index (χ2v) is 10.2. The lowest BCUT2D eigenvalue weighted by molar-refractivity contribution is -0.897. The molecule has 1 aliphatic carbocycles. The summed E-state index contributed by atoms with van der Waals surface area (Å²) in [6.07, 6.45) is 7.89. The van der Waals surface area contributed by atoms with Crippen molar-refractivity contribution in [1.29, 1.82) is 0 Å². The van der Waals surface area contributed by atoms with Crippen LogP contribution in [-0.4, -0.2) is 63.9 Å². The largest absolute Gasteiger partial charge is 0.748 e. The smallest absolute Gasteiger partial charge is 0.294 e. The van der Waals surface area contributed by atoms with E-state index in [1.165, 1.54) is 48.7 Å². The molecule has 2 rings (SSSR count). The highest BCUT2D eigenvalue weighted by Crippen LogP contribution is 2.23. The van der Waals surface area contributed by atoms with Crippen molar-refractivity contribution in [3.05, 3.63) is 29.8 Å². The van der Waals surface area contributed by atoms with Gasteiger partial charge in [-0.2, -0.15) is 8.42 Å². The van der Waals surface area contributed by atoms with Gasteiger partial charge in [0.15, 0.2) is 0 Å². The Bertz CT molecular complexity index is 720. The van der Waals surface area contributed by atoms with Gasteiger partial charge in [0, 0.05) is 6.26 Å². The molecule has 0 amide bonds. The van der Waals surface area contributed by atoms with Gasteiger partial charge in [-0.25, -0.2) is 8.42 Å². The van der Waals surface area contributed by atoms with Crippen LogP contribution in [0.2, 0.25) is 0 Å². The summed E-state index contributed by atoms with van der Waals surface area (Å²) in [6.45, 7) is 1.84. The molecule has 0 saturated heterocycles. The van der Waals surface area contributed by atoms with Crippen LogP contribution < -0.4 is 0 Å². The molecule has 0 atom stereocenters. The van der Waals surface area contributed by atoms with E-state index >= 15 is 0 Å². The van der Waals surface area contributed by atoms with Crippen molar-refractivity contribution in [3.8, 4) is 0 Å². The van der Waals surface area contributed by atoms with Gasteiger partial charge in [-0.15, -0.1) is 0 Å². The number of hydrogen-bond acceptors (Lipinski definition) is 5. The molecule has 1 aromatic rings. The van der Waals surface area contributed by atoms with Gasteiger partial charge >= 0.3 is 0 Å². The van der Waals surface area contributed by atoms with Crippen molar-refractivity contribution in [2.75, 3.05) is 27.4 Å². The van der Waals surface area contributed by atoms with Crippen LogP contribution in [0.15, 0.2) is 29.2 Å². The minimum atomic E-state index is -4.02. The van der Waals surface area contributed by atoms with Crippen LogP contribution in [0, 0.1) is 6.92 Å². The Morgan fingerprint density at radius 1 is 0.962 bits per heavy atom. The lowest BCUT2D eigenvalue weighted by Crippen LogP contribution is -2.45. The average Bonchev–Trinajstić information content (AvgIpc) is 2.46. The fraction of sp³-hybridized carbons (Fsp3) is 0.647. The van der Waals surface area contributed by atoms with E-state index in [1.807, 2.05) is 6.92 Å². The Hall–Kier alpha value is -1.00. The second kappa shape index (κ2) is 10.4. The highest BCUT2D eigenvalue weighted by atomic mass is 32.2. The molecule has 0 unspecified atom stereocenters. The summed E-state index contributed by atoms with van der Waals surface area (Å²) >= 11 is 0. The number of rotatable bonds is 2. The summed E-state index contributed by atoms with van der Waals surface area (Å²) in [5.41, 5.74) is 0.956. The zero-order valence-corrected chi connectivity index (χ0v) is 17.8. The fourth-order valence-electron chi connectivity index (χ4n) is 2.57. The predicted octanol–water partition coefficient (Wildman–Crippen LogP) is 2.43. The Labute approximate surface area is 158 Å². The van der Waals surface area contributed by atoms with E-state index < -0.39 is 20.2 Å². The van der Waals surface area contributed by atoms with E-state index in [0.717, 1.165) is 11.6 Å². The standard InChI is InChI=1S/C9H20N.C7H8O3S.CH4O3S/c1-10(2,3)9-7-5-4-6-8-9;1-6-2-4-7(5-3-6)11(8,9)10;1-5(2,3)4/h9H,4-8H2,1-3H3;2-5H,1H3,(H,8,9,10);1H3,(H,2,3,4)/q+1;;/p-1. The van der Waals surface area contributed by atoms with E-state index in [1.54, 1.807) is 12.1 Å². The number of hydrogen-bond donors (Lipinski definition) is 1. The lowest BCUT2D eigenvalue weighted by Gasteiger charge is -2.36. The quantitative estimate of drug-likeness (QED) is 0.593. The highest BCUT2D eigenvalue weighted by molar-refractivity contribution is 7.85. The minimum Gasteiger partial charge on any atom is -0.748 e. The molecule has 1 N–H and O–H groups in total. The van der Waals surface area contributed by atoms with Gasteiger partial charge in [0.25, 0.3) is 10.1 Å². The van der Waals surface area contributed by atoms with Crippen LogP contribution in [0.25, 0.3) is 0 Å². The molecule has 1 aliphatic rings. The van der Waals surface area contributed by atoms with E-state index in [2.05, 4.69) is 21.1 Å². The molecule has 0 aliphatic heterocycles. The van der Waals surface area contributed by atoms with Crippen LogP contribution in [0.1, 0.15) is 37.7 Å². The third-order valence-electron chi connectivity index (χ3n) is 3.99. The summed E-state index contributed by atoms with van der Waals surface area (Å²) < 4.78 is 57.9. The summed E-state index contributed by atoms with van der Waals surface area (Å²) in [5, 5.41) is 0. The molecule has 0 bridgehead atoms. The Balaban J connectivity index is 0.000000387. The van der Waals surface area contributed by atoms with Crippen LogP contribution in [0.3, 0.4) is 0 Å². The molecule has 1 saturated carbocycles. The first kappa shape index (κ1) is 25.0. The number of benzene rings is 1. The molecule has 1 aromatic carbocycles. The molecule has 0 spiro atoms. The predicted molar refractivity (Wildman–Crippen MR) is 102 cm³/mol. The summed E-state index contributed by atoms with van der Waals surface area (Å²) in [4.78, 5) is -0.0666. The van der Waals surface area contributed by atoms with Crippen molar-refractivity contribution in [1.82, 2.24) is 0 Å². The number of nitrogens with zero attached hydrogens (tertiary/aromatic N) is 1. The average molecular weight is 410 g/mol. The first-order chi connectivity index (χ1) is 11.6. The monoisotopic (exact) mass is 409 g/mol. The van der Waals surface area contributed by atoms with E-state index in [9.17, 15) is 8.42 Å². The molecule has 1 fully saturated rings. The van der Waals surface area contributed by atoms with Crippen molar-refractivity contribution in [2.24, 2.45) is 0 Å². The van der Waals surface area contributed by atoms with Gasteiger partial charge in [0.05, 0.1) is 42.2 Å². The van der Waals surface area contributed by atoms with Gasteiger partial charge in [-0.3, -0.25) is 4.55 Å². The first-order valence-electron chi connectivity index (χ1n) is 8.37. The molecule has 0 aromatic heterocycles. The molecular weight excluding hydrogens is 378 g/mol. The summed E-state index contributed by atoms with van der Waals surface area (Å²) in [5.74, 6) is 0. The van der Waals surface area contributed by atoms with Crippen LogP contribution in [0.5, 0.6) is 0 Å². The maximum absolute atomic E-state index is 10.5. The van der Waals surface area contributed by atoms with E-state index in [0.29, 0.717) is 6.26 Å². The number of aryl methyl sites for hydroxylation is 1. The zero-order valence-electron chi connectivity index (χ0n) is 16.2. The third kappa shape index (κ3) is 13.2. The van der Waals surface area contributed by atoms with Gasteiger partial charge in [0.2, 0.25) is 0 Å². The maximum Gasteiger partial charge on any atom is 0.294 e. The number of quaternary nitrogens is 1. The van der Waals surface area contributed by atoms with E-state index in [4.69, 9.17) is 17.5 Å². The second-order valence-electron chi connectivity index (χ2n) is 7.40. The normalized spacial score (nSPS) is 16.0. The molecule has 26 heavy (non-hydrogen) atoms. The lowest BCUT2D eigenvalue weighted by atomic mass is 9.94. The fourth-order valence-corrected chi connectivity index (χ4v) is 3.05. The highest BCUT2D eigenvalue weighted by Gasteiger charge is 2.24. The SMILES string of the molecule is CS(=O)(=O)[O-].C[N+](C)(C)C1CCCCC1.Cc1ccc(S(=O)(=O)O)cc1. The first-order valence-corrected chi connectivity index (χ1v) is 11.6. The van der Waals surface area contributed by atoms with Gasteiger partial charge in [-0.1, -0.05) is 24.1 Å². The summed E-state index contributed by atoms with van der Waals surface area (Å²) in [6, 6.07) is 6.93. The van der Waals surface area contributed by atoms with Gasteiger partial charge < -0.3 is 9.04 Å². The van der Waals surface area contributed by atoms with Gasteiger partial charge in [-0.05, 0) is 44.7 Å². The molecule has 7 nitrogen and oxygen atoms in total. The molecule has 9 heteroatoms. The minimum absolute atomic E-state index is 0.0666. The Morgan fingerprint density at radius 3 is 1.62 bits per heavy atom. The van der Waals surface area contributed by atoms with Gasteiger partial charge in [0.1, 0.15) is 0 Å². The van der Waals surface area contributed by atoms with Crippen LogP contribution in [0.4, 0.5) is 0 Å². The van der Waals surface area contributed by atoms with Crippen molar-refractivity contribution >= 4 is 20.2 Å². The molecule has 0 heterocycles. The van der Waals surface area contributed by atoms with Crippen molar-refractivity contribution in [2.45, 2.75) is 50.0 Å². The third-order valence-corrected chi connectivity index (χ3v) is 4.86. The molecular formula is C17H31NO6S2. The molecule has 152 valence electrons. The van der Waals surface area contributed by atoms with Crippen LogP contribution in [-0.2, 0) is 20.2 Å². The maximum atomic E-state index is 10.5. The molecule has 0 radical (unpaired) electrons. The van der Waals surface area contributed by atoms with Crippen molar-refractivity contribution in [3.63, 3.8) is 0 Å².